The van der Waals surface area contributed by atoms with Crippen LogP contribution in [0.1, 0.15) is 29.3 Å². The number of aromatic nitrogens is 3. The Labute approximate surface area is 184 Å². The van der Waals surface area contributed by atoms with Crippen molar-refractivity contribution in [2.75, 3.05) is 20.8 Å². The molecular weight excluding hydrogens is 416 g/mol. The second-order valence-electron chi connectivity index (χ2n) is 7.87. The first-order valence-corrected chi connectivity index (χ1v) is 11.2. The van der Waals surface area contributed by atoms with E-state index in [1.807, 2.05) is 18.2 Å². The fraction of sp³-hybridized carbons (Fsp3) is 0.455. The van der Waals surface area contributed by atoms with Crippen molar-refractivity contribution < 1.29 is 14.3 Å². The number of hydrogen-bond acceptors (Lipinski definition) is 7. The van der Waals surface area contributed by atoms with Crippen LogP contribution in [-0.4, -0.2) is 41.7 Å². The van der Waals surface area contributed by atoms with Crippen molar-refractivity contribution in [3.63, 3.8) is 0 Å². The van der Waals surface area contributed by atoms with Gasteiger partial charge < -0.3 is 14.8 Å². The number of carbonyl (C=O) groups excluding carboxylic acids is 1. The van der Waals surface area contributed by atoms with Crippen LogP contribution in [0.2, 0.25) is 0 Å². The van der Waals surface area contributed by atoms with E-state index < -0.39 is 0 Å². The standard InChI is InChI=1S/C22H26N4O4S/c1-13-4-6-15-18(10-13)31-21-20(15)22(28)26(25-24-21)12-19(27)23-9-8-14-5-7-16(29-2)17(11-14)30-3/h5,7,11,13H,4,6,8-10,12H2,1-3H3,(H,23,27). The van der Waals surface area contributed by atoms with E-state index in [4.69, 9.17) is 9.47 Å². The molecule has 9 heteroatoms. The van der Waals surface area contributed by atoms with Crippen molar-refractivity contribution in [3.05, 3.63) is 44.6 Å². The van der Waals surface area contributed by atoms with Crippen molar-refractivity contribution >= 4 is 27.5 Å². The van der Waals surface area contributed by atoms with Crippen molar-refractivity contribution in [2.45, 2.75) is 39.2 Å². The Bertz CT molecular complexity index is 1170. The molecule has 0 fully saturated rings. The average Bonchev–Trinajstić information content (AvgIpc) is 3.13. The molecule has 2 heterocycles. The molecule has 1 amide bonds. The summed E-state index contributed by atoms with van der Waals surface area (Å²) in [6.07, 6.45) is 3.56. The SMILES string of the molecule is COc1ccc(CCNC(=O)Cn2nnc3sc4c(c3c2=O)CCC(C)C4)cc1OC. The topological polar surface area (TPSA) is 95.3 Å². The number of carbonyl (C=O) groups is 1. The Hall–Kier alpha value is -2.94. The van der Waals surface area contributed by atoms with E-state index in [0.29, 0.717) is 40.6 Å². The molecule has 2 aromatic heterocycles. The van der Waals surface area contributed by atoms with Crippen LogP contribution < -0.4 is 20.3 Å². The highest BCUT2D eigenvalue weighted by molar-refractivity contribution is 7.18. The molecule has 1 N–H and O–H groups in total. The highest BCUT2D eigenvalue weighted by atomic mass is 32.1. The number of fused-ring (bicyclic) bond motifs is 3. The first-order valence-electron chi connectivity index (χ1n) is 10.4. The van der Waals surface area contributed by atoms with Crippen LogP contribution >= 0.6 is 11.3 Å². The molecule has 0 saturated heterocycles. The second-order valence-corrected chi connectivity index (χ2v) is 8.96. The van der Waals surface area contributed by atoms with E-state index in [9.17, 15) is 9.59 Å². The molecule has 0 aliphatic heterocycles. The number of amides is 1. The predicted octanol–water partition coefficient (Wildman–Crippen LogP) is 2.35. The Morgan fingerprint density at radius 3 is 2.87 bits per heavy atom. The predicted molar refractivity (Wildman–Crippen MR) is 119 cm³/mol. The molecule has 1 aliphatic carbocycles. The summed E-state index contributed by atoms with van der Waals surface area (Å²) in [7, 11) is 3.18. The largest absolute Gasteiger partial charge is 0.493 e. The normalized spacial score (nSPS) is 15.5. The van der Waals surface area contributed by atoms with Gasteiger partial charge >= 0.3 is 0 Å². The van der Waals surface area contributed by atoms with Crippen LogP contribution in [-0.2, 0) is 30.6 Å². The van der Waals surface area contributed by atoms with Crippen LogP contribution in [0, 0.1) is 5.92 Å². The van der Waals surface area contributed by atoms with Crippen LogP contribution in [0.4, 0.5) is 0 Å². The molecular formula is C22H26N4O4S. The zero-order valence-corrected chi connectivity index (χ0v) is 18.8. The van der Waals surface area contributed by atoms with Crippen molar-refractivity contribution in [1.82, 2.24) is 20.3 Å². The molecule has 1 aliphatic rings. The van der Waals surface area contributed by atoms with Gasteiger partial charge in [-0.05, 0) is 54.9 Å². The maximum atomic E-state index is 13.0. The lowest BCUT2D eigenvalue weighted by Gasteiger charge is -2.17. The summed E-state index contributed by atoms with van der Waals surface area (Å²) in [6, 6.07) is 5.65. The van der Waals surface area contributed by atoms with Gasteiger partial charge in [0, 0.05) is 11.4 Å². The maximum Gasteiger partial charge on any atom is 0.279 e. The quantitative estimate of drug-likeness (QED) is 0.604. The van der Waals surface area contributed by atoms with Gasteiger partial charge in [0.15, 0.2) is 16.3 Å². The number of thiophene rings is 1. The van der Waals surface area contributed by atoms with Gasteiger partial charge in [0.05, 0.1) is 19.6 Å². The Morgan fingerprint density at radius 1 is 1.29 bits per heavy atom. The molecule has 31 heavy (non-hydrogen) atoms. The summed E-state index contributed by atoms with van der Waals surface area (Å²) >= 11 is 1.56. The summed E-state index contributed by atoms with van der Waals surface area (Å²) in [4.78, 5) is 27.3. The minimum absolute atomic E-state index is 0.144. The number of ether oxygens (including phenoxy) is 2. The van der Waals surface area contributed by atoms with Crippen molar-refractivity contribution in [1.29, 1.82) is 0 Å². The fourth-order valence-corrected chi connectivity index (χ4v) is 5.29. The van der Waals surface area contributed by atoms with Gasteiger partial charge in [-0.1, -0.05) is 18.2 Å². The molecule has 1 unspecified atom stereocenters. The first kappa shape index (κ1) is 21.3. The second kappa shape index (κ2) is 9.05. The molecule has 0 radical (unpaired) electrons. The molecule has 1 aromatic carbocycles. The third kappa shape index (κ3) is 4.41. The molecule has 0 spiro atoms. The van der Waals surface area contributed by atoms with E-state index >= 15 is 0 Å². The molecule has 4 rings (SSSR count). The lowest BCUT2D eigenvalue weighted by Crippen LogP contribution is -2.35. The lowest BCUT2D eigenvalue weighted by molar-refractivity contribution is -0.121. The van der Waals surface area contributed by atoms with Crippen molar-refractivity contribution in [3.8, 4) is 11.5 Å². The molecule has 0 bridgehead atoms. The van der Waals surface area contributed by atoms with Crippen molar-refractivity contribution in [2.24, 2.45) is 5.92 Å². The van der Waals surface area contributed by atoms with Crippen LogP contribution in [0.3, 0.4) is 0 Å². The molecule has 1 atom stereocenters. The first-order chi connectivity index (χ1) is 15.0. The summed E-state index contributed by atoms with van der Waals surface area (Å²) in [5.41, 5.74) is 1.88. The monoisotopic (exact) mass is 442 g/mol. The van der Waals surface area contributed by atoms with Gasteiger partial charge in [-0.3, -0.25) is 9.59 Å². The van der Waals surface area contributed by atoms with Gasteiger partial charge in [0.2, 0.25) is 5.91 Å². The molecule has 0 saturated carbocycles. The molecule has 164 valence electrons. The number of hydrogen-bond donors (Lipinski definition) is 1. The van der Waals surface area contributed by atoms with Gasteiger partial charge in [-0.25, -0.2) is 4.68 Å². The van der Waals surface area contributed by atoms with Gasteiger partial charge in [-0.15, -0.1) is 16.4 Å². The van der Waals surface area contributed by atoms with E-state index in [2.05, 4.69) is 22.6 Å². The van der Waals surface area contributed by atoms with E-state index in [1.165, 1.54) is 9.56 Å². The number of benzene rings is 1. The van der Waals surface area contributed by atoms with Crippen LogP contribution in [0.5, 0.6) is 11.5 Å². The van der Waals surface area contributed by atoms with Gasteiger partial charge in [-0.2, -0.15) is 0 Å². The number of methoxy groups -OCH3 is 2. The maximum absolute atomic E-state index is 13.0. The number of rotatable bonds is 7. The summed E-state index contributed by atoms with van der Waals surface area (Å²) in [5, 5.41) is 11.7. The Kier molecular flexibility index (Phi) is 6.22. The lowest BCUT2D eigenvalue weighted by atomic mass is 9.89. The summed E-state index contributed by atoms with van der Waals surface area (Å²) in [5.74, 6) is 1.66. The fourth-order valence-electron chi connectivity index (χ4n) is 3.97. The minimum atomic E-state index is -0.269. The third-order valence-corrected chi connectivity index (χ3v) is 6.80. The van der Waals surface area contributed by atoms with E-state index in [0.717, 1.165) is 30.4 Å². The number of aryl methyl sites for hydroxylation is 1. The average molecular weight is 443 g/mol. The molecule has 8 nitrogen and oxygen atoms in total. The Morgan fingerprint density at radius 2 is 2.10 bits per heavy atom. The number of nitrogens with zero attached hydrogens (tertiary/aromatic N) is 3. The highest BCUT2D eigenvalue weighted by Gasteiger charge is 2.24. The molecule has 3 aromatic rings. The summed E-state index contributed by atoms with van der Waals surface area (Å²) < 4.78 is 11.7. The van der Waals surface area contributed by atoms with Gasteiger partial charge in [0.25, 0.3) is 5.56 Å². The van der Waals surface area contributed by atoms with E-state index in [-0.39, 0.29) is 18.0 Å². The van der Waals surface area contributed by atoms with E-state index in [1.54, 1.807) is 25.6 Å². The zero-order valence-electron chi connectivity index (χ0n) is 17.9. The number of nitrogens with one attached hydrogen (secondary N) is 1. The van der Waals surface area contributed by atoms with Crippen LogP contribution in [0.25, 0.3) is 10.2 Å². The van der Waals surface area contributed by atoms with Gasteiger partial charge in [0.1, 0.15) is 6.54 Å². The Balaban J connectivity index is 1.41. The smallest absolute Gasteiger partial charge is 0.279 e. The highest BCUT2D eigenvalue weighted by Crippen LogP contribution is 2.35. The summed E-state index contributed by atoms with van der Waals surface area (Å²) in [6.45, 7) is 2.52. The minimum Gasteiger partial charge on any atom is -0.493 e. The third-order valence-electron chi connectivity index (χ3n) is 5.66. The zero-order chi connectivity index (χ0) is 22.0. The van der Waals surface area contributed by atoms with Crippen LogP contribution in [0.15, 0.2) is 23.0 Å².